The van der Waals surface area contributed by atoms with E-state index in [1.54, 1.807) is 17.0 Å². The van der Waals surface area contributed by atoms with E-state index < -0.39 is 0 Å². The predicted molar refractivity (Wildman–Crippen MR) is 118 cm³/mol. The summed E-state index contributed by atoms with van der Waals surface area (Å²) in [7, 11) is 2.15. The topological polar surface area (TPSA) is 26.8 Å². The van der Waals surface area contributed by atoms with Crippen molar-refractivity contribution in [2.75, 3.05) is 49.6 Å². The van der Waals surface area contributed by atoms with Crippen LogP contribution in [0.5, 0.6) is 0 Å². The Morgan fingerprint density at radius 1 is 0.929 bits per heavy atom. The number of piperazine rings is 1. The molecule has 0 atom stereocenters. The number of hydrogen-bond acceptors (Lipinski definition) is 3. The van der Waals surface area contributed by atoms with Gasteiger partial charge >= 0.3 is 0 Å². The highest BCUT2D eigenvalue weighted by molar-refractivity contribution is 6.42. The second-order valence-electron chi connectivity index (χ2n) is 7.32. The molecule has 2 saturated heterocycles. The lowest BCUT2D eigenvalue weighted by molar-refractivity contribution is -0.114. The zero-order valence-electron chi connectivity index (χ0n) is 15.9. The lowest BCUT2D eigenvalue weighted by atomic mass is 10.1. The van der Waals surface area contributed by atoms with Crippen LogP contribution in [0.2, 0.25) is 10.0 Å². The molecule has 4 rings (SSSR count). The molecule has 0 aromatic heterocycles. The highest BCUT2D eigenvalue weighted by Crippen LogP contribution is 2.32. The first-order valence-corrected chi connectivity index (χ1v) is 10.3. The predicted octanol–water partition coefficient (Wildman–Crippen LogP) is 4.57. The van der Waals surface area contributed by atoms with Gasteiger partial charge in [0.1, 0.15) is 0 Å². The zero-order chi connectivity index (χ0) is 19.7. The maximum Gasteiger partial charge on any atom is 0.254 e. The largest absolute Gasteiger partial charge is 0.368 e. The van der Waals surface area contributed by atoms with Crippen molar-refractivity contribution in [1.29, 1.82) is 0 Å². The molecule has 6 heteroatoms. The minimum Gasteiger partial charge on any atom is -0.368 e. The Bertz CT molecular complexity index is 920. The summed E-state index contributed by atoms with van der Waals surface area (Å²) in [4.78, 5) is 19.5. The molecule has 28 heavy (non-hydrogen) atoms. The van der Waals surface area contributed by atoms with E-state index in [0.29, 0.717) is 16.6 Å². The van der Waals surface area contributed by atoms with Crippen molar-refractivity contribution in [3.05, 3.63) is 63.6 Å². The van der Waals surface area contributed by atoms with Crippen LogP contribution in [-0.4, -0.2) is 50.6 Å². The summed E-state index contributed by atoms with van der Waals surface area (Å²) in [5, 5.41) is 0.957. The second-order valence-corrected chi connectivity index (χ2v) is 8.14. The van der Waals surface area contributed by atoms with Gasteiger partial charge in [-0.3, -0.25) is 4.79 Å². The van der Waals surface area contributed by atoms with Gasteiger partial charge in [-0.15, -0.1) is 0 Å². The van der Waals surface area contributed by atoms with Gasteiger partial charge < -0.3 is 14.7 Å². The quantitative estimate of drug-likeness (QED) is 0.687. The summed E-state index contributed by atoms with van der Waals surface area (Å²) >= 11 is 12.1. The number of halogens is 2. The Labute approximate surface area is 175 Å². The van der Waals surface area contributed by atoms with Crippen LogP contribution in [0, 0.1) is 0 Å². The Balaban J connectivity index is 1.58. The van der Waals surface area contributed by atoms with Gasteiger partial charge in [0.2, 0.25) is 0 Å². The molecule has 4 nitrogen and oxygen atoms in total. The van der Waals surface area contributed by atoms with E-state index in [-0.39, 0.29) is 5.91 Å². The fourth-order valence-corrected chi connectivity index (χ4v) is 4.07. The van der Waals surface area contributed by atoms with E-state index in [1.807, 2.05) is 18.2 Å². The molecule has 2 aromatic rings. The molecule has 0 unspecified atom stereocenters. The Morgan fingerprint density at radius 2 is 1.68 bits per heavy atom. The number of amides is 1. The Morgan fingerprint density at radius 3 is 2.43 bits per heavy atom. The smallest absolute Gasteiger partial charge is 0.254 e. The first-order valence-electron chi connectivity index (χ1n) is 9.53. The normalized spacial score (nSPS) is 19.7. The summed E-state index contributed by atoms with van der Waals surface area (Å²) in [6, 6.07) is 13.7. The van der Waals surface area contributed by atoms with Crippen molar-refractivity contribution >= 4 is 46.6 Å². The third kappa shape index (κ3) is 3.90. The van der Waals surface area contributed by atoms with Gasteiger partial charge in [-0.1, -0.05) is 41.4 Å². The third-order valence-corrected chi connectivity index (χ3v) is 6.19. The highest BCUT2D eigenvalue weighted by Gasteiger charge is 2.28. The summed E-state index contributed by atoms with van der Waals surface area (Å²) in [6.07, 6.45) is 2.77. The van der Waals surface area contributed by atoms with E-state index in [4.69, 9.17) is 23.2 Å². The molecular weight excluding hydrogens is 393 g/mol. The molecule has 1 amide bonds. The molecule has 2 fully saturated rings. The van der Waals surface area contributed by atoms with E-state index >= 15 is 0 Å². The minimum absolute atomic E-state index is 0.0339. The molecular formula is C22H23Cl2N3O. The molecule has 0 spiro atoms. The Hall–Kier alpha value is -2.01. The average Bonchev–Trinajstić information content (AvgIpc) is 3.06. The van der Waals surface area contributed by atoms with Crippen molar-refractivity contribution in [3.63, 3.8) is 0 Å². The molecule has 2 heterocycles. The molecule has 146 valence electrons. The van der Waals surface area contributed by atoms with Gasteiger partial charge in [-0.05, 0) is 49.4 Å². The van der Waals surface area contributed by atoms with Gasteiger partial charge in [0.15, 0.2) is 0 Å². The van der Waals surface area contributed by atoms with Crippen LogP contribution in [0.3, 0.4) is 0 Å². The molecule has 2 aliphatic rings. The van der Waals surface area contributed by atoms with Crippen molar-refractivity contribution in [1.82, 2.24) is 4.90 Å². The van der Waals surface area contributed by atoms with E-state index in [1.165, 1.54) is 5.69 Å². The monoisotopic (exact) mass is 415 g/mol. The number of carbonyl (C=O) groups is 1. The first-order chi connectivity index (χ1) is 13.5. The third-order valence-electron chi connectivity index (χ3n) is 5.45. The maximum atomic E-state index is 13.0. The van der Waals surface area contributed by atoms with Crippen LogP contribution in [0.15, 0.2) is 48.0 Å². The standard InChI is InChI=1S/C22H23Cl2N3O/c1-25-10-12-26(13-11-25)21-5-3-2-4-16(21)14-17-8-9-27(22(17)28)18-6-7-19(23)20(24)15-18/h2-7,14-15H,8-13H2,1H3/b17-14+. The number of nitrogens with zero attached hydrogens (tertiary/aromatic N) is 3. The average molecular weight is 416 g/mol. The van der Waals surface area contributed by atoms with Gasteiger partial charge in [0.25, 0.3) is 5.91 Å². The number of likely N-dealkylation sites (N-methyl/N-ethyl adjacent to an activating group) is 1. The summed E-state index contributed by atoms with van der Waals surface area (Å²) in [6.45, 7) is 4.75. The number of carbonyl (C=O) groups excluding carboxylic acids is 1. The molecule has 0 aliphatic carbocycles. The molecule has 0 bridgehead atoms. The zero-order valence-corrected chi connectivity index (χ0v) is 17.4. The summed E-state index contributed by atoms with van der Waals surface area (Å²) in [5.41, 5.74) is 3.91. The first kappa shape index (κ1) is 19.3. The van der Waals surface area contributed by atoms with E-state index in [9.17, 15) is 4.79 Å². The fourth-order valence-electron chi connectivity index (χ4n) is 3.78. The number of para-hydroxylation sites is 1. The Kier molecular flexibility index (Phi) is 5.63. The second kappa shape index (κ2) is 8.16. The molecule has 2 aliphatic heterocycles. The SMILES string of the molecule is CN1CCN(c2ccccc2/C=C2\CCN(c3ccc(Cl)c(Cl)c3)C2=O)CC1. The van der Waals surface area contributed by atoms with Gasteiger partial charge in [-0.25, -0.2) is 0 Å². The lowest BCUT2D eigenvalue weighted by Crippen LogP contribution is -2.44. The van der Waals surface area contributed by atoms with Crippen molar-refractivity contribution in [3.8, 4) is 0 Å². The highest BCUT2D eigenvalue weighted by atomic mass is 35.5. The molecule has 2 aromatic carbocycles. The summed E-state index contributed by atoms with van der Waals surface area (Å²) < 4.78 is 0. The van der Waals surface area contributed by atoms with Crippen LogP contribution in [-0.2, 0) is 4.79 Å². The molecule has 0 saturated carbocycles. The molecule has 0 N–H and O–H groups in total. The van der Waals surface area contributed by atoms with Crippen molar-refractivity contribution < 1.29 is 4.79 Å². The lowest BCUT2D eigenvalue weighted by Gasteiger charge is -2.35. The van der Waals surface area contributed by atoms with E-state index in [0.717, 1.165) is 49.4 Å². The van der Waals surface area contributed by atoms with Crippen LogP contribution < -0.4 is 9.80 Å². The van der Waals surface area contributed by atoms with Crippen LogP contribution in [0.1, 0.15) is 12.0 Å². The maximum absolute atomic E-state index is 13.0. The van der Waals surface area contributed by atoms with Gasteiger partial charge in [-0.2, -0.15) is 0 Å². The number of anilines is 2. The van der Waals surface area contributed by atoms with Gasteiger partial charge in [0.05, 0.1) is 10.0 Å². The molecule has 0 radical (unpaired) electrons. The number of hydrogen-bond donors (Lipinski definition) is 0. The van der Waals surface area contributed by atoms with Crippen LogP contribution in [0.25, 0.3) is 6.08 Å². The van der Waals surface area contributed by atoms with Crippen molar-refractivity contribution in [2.24, 2.45) is 0 Å². The van der Waals surface area contributed by atoms with Gasteiger partial charge in [0, 0.05) is 49.7 Å². The van der Waals surface area contributed by atoms with Crippen LogP contribution in [0.4, 0.5) is 11.4 Å². The fraction of sp³-hybridized carbons (Fsp3) is 0.318. The number of benzene rings is 2. The summed E-state index contributed by atoms with van der Waals surface area (Å²) in [5.74, 6) is 0.0339. The number of rotatable bonds is 3. The van der Waals surface area contributed by atoms with E-state index in [2.05, 4.69) is 35.0 Å². The van der Waals surface area contributed by atoms with Crippen LogP contribution >= 0.6 is 23.2 Å². The van der Waals surface area contributed by atoms with Crippen molar-refractivity contribution in [2.45, 2.75) is 6.42 Å². The minimum atomic E-state index is 0.0339.